The number of H-pyrrole nitrogens is 1. The molecule has 1 atom stereocenters. The van der Waals surface area contributed by atoms with Gasteiger partial charge >= 0.3 is 0 Å². The molecule has 0 saturated carbocycles. The van der Waals surface area contributed by atoms with Crippen LogP contribution >= 0.6 is 11.6 Å². The minimum Gasteiger partial charge on any atom is -0.457 e. The predicted molar refractivity (Wildman–Crippen MR) is 130 cm³/mol. The summed E-state index contributed by atoms with van der Waals surface area (Å²) in [6.45, 7) is 1.08. The van der Waals surface area contributed by atoms with Crippen LogP contribution in [0, 0.1) is 0 Å². The number of benzene rings is 2. The van der Waals surface area contributed by atoms with E-state index in [4.69, 9.17) is 25.2 Å². The zero-order valence-electron chi connectivity index (χ0n) is 20.9. The molecule has 3 N–H and O–H groups in total. The number of carbonyl (C=O) groups excluding carboxylic acids is 2. The van der Waals surface area contributed by atoms with E-state index in [9.17, 15) is 9.59 Å². The molecular formula is C25H21ClN4O4. The minimum atomic E-state index is -2.68. The molecule has 2 aromatic carbocycles. The smallest absolute Gasteiger partial charge is 0.252 e. The topological polar surface area (TPSA) is 105 Å². The summed E-state index contributed by atoms with van der Waals surface area (Å²) < 4.78 is 32.6. The number of anilines is 2. The van der Waals surface area contributed by atoms with Gasteiger partial charge in [0.1, 0.15) is 22.7 Å². The third-order valence-corrected chi connectivity index (χ3v) is 5.93. The molecule has 4 aromatic rings. The van der Waals surface area contributed by atoms with Crippen molar-refractivity contribution < 1.29 is 23.2 Å². The number of aromatic amines is 1. The minimum absolute atomic E-state index is 0.197. The fraction of sp³-hybridized carbons (Fsp3) is 0.160. The summed E-state index contributed by atoms with van der Waals surface area (Å²) in [6, 6.07) is 14.0. The molecular weight excluding hydrogens is 456 g/mol. The van der Waals surface area contributed by atoms with Crippen LogP contribution < -0.4 is 15.4 Å². The normalized spacial score (nSPS) is 18.8. The molecule has 1 unspecified atom stereocenters. The van der Waals surface area contributed by atoms with E-state index in [1.807, 2.05) is 18.2 Å². The Morgan fingerprint density at radius 2 is 2.00 bits per heavy atom. The highest BCUT2D eigenvalue weighted by atomic mass is 35.5. The summed E-state index contributed by atoms with van der Waals surface area (Å²) >= 11 is 6.48. The van der Waals surface area contributed by atoms with Crippen molar-refractivity contribution in [1.82, 2.24) is 9.97 Å². The van der Waals surface area contributed by atoms with Gasteiger partial charge in [-0.15, -0.1) is 0 Å². The fourth-order valence-corrected chi connectivity index (χ4v) is 4.11. The molecule has 172 valence electrons. The quantitative estimate of drug-likeness (QED) is 0.336. The molecule has 9 heteroatoms. The number of amides is 1. The van der Waals surface area contributed by atoms with E-state index in [0.29, 0.717) is 33.9 Å². The summed E-state index contributed by atoms with van der Waals surface area (Å²) in [5, 5.41) is 6.41. The van der Waals surface area contributed by atoms with Crippen LogP contribution in [0.4, 0.5) is 11.4 Å². The maximum absolute atomic E-state index is 13.6. The van der Waals surface area contributed by atoms with Crippen LogP contribution in [0.15, 0.2) is 60.9 Å². The van der Waals surface area contributed by atoms with Gasteiger partial charge in [-0.25, -0.2) is 4.98 Å². The Morgan fingerprint density at radius 1 is 1.18 bits per heavy atom. The lowest BCUT2D eigenvalue weighted by Gasteiger charge is -2.35. The average molecular weight is 480 g/mol. The van der Waals surface area contributed by atoms with Gasteiger partial charge < -0.3 is 25.1 Å². The number of ketones is 1. The summed E-state index contributed by atoms with van der Waals surface area (Å²) in [7, 11) is -2.68. The first-order valence-corrected chi connectivity index (χ1v) is 10.7. The van der Waals surface area contributed by atoms with E-state index in [1.54, 1.807) is 30.3 Å². The lowest BCUT2D eigenvalue weighted by molar-refractivity contribution is -0.121. The van der Waals surface area contributed by atoms with Crippen molar-refractivity contribution in [2.45, 2.75) is 12.5 Å². The fourth-order valence-electron chi connectivity index (χ4n) is 3.85. The van der Waals surface area contributed by atoms with E-state index in [1.165, 1.54) is 19.3 Å². The number of rotatable bonds is 6. The zero-order valence-corrected chi connectivity index (χ0v) is 18.7. The Labute approximate surface area is 204 Å². The number of hydrogen-bond donors (Lipinski definition) is 3. The first kappa shape index (κ1) is 18.5. The molecule has 2 aromatic heterocycles. The van der Waals surface area contributed by atoms with Crippen LogP contribution in [0.3, 0.4) is 0 Å². The number of methoxy groups -OCH3 is 1. The van der Waals surface area contributed by atoms with Gasteiger partial charge in [0.05, 0.1) is 44.3 Å². The van der Waals surface area contributed by atoms with Gasteiger partial charge in [-0.3, -0.25) is 9.59 Å². The molecule has 0 bridgehead atoms. The van der Waals surface area contributed by atoms with Crippen molar-refractivity contribution in [3.63, 3.8) is 0 Å². The van der Waals surface area contributed by atoms with Gasteiger partial charge in [-0.2, -0.15) is 0 Å². The van der Waals surface area contributed by atoms with Gasteiger partial charge in [-0.1, -0.05) is 29.8 Å². The maximum Gasteiger partial charge on any atom is 0.252 e. The van der Waals surface area contributed by atoms with Crippen LogP contribution in [0.5, 0.6) is 11.5 Å². The van der Waals surface area contributed by atoms with E-state index in [2.05, 4.69) is 20.6 Å². The summed E-state index contributed by atoms with van der Waals surface area (Å²) in [5.41, 5.74) is 0.238. The van der Waals surface area contributed by atoms with Crippen LogP contribution in [0.2, 0.25) is 5.02 Å². The SMILES string of the molecule is [2H]C([2H])([2H])OCC1(C)Nc2c(cnc3[nH]cc(C(=O)c4ccc(Oc5ccccc5)cc4Cl)c23)NC1=O. The molecule has 0 saturated heterocycles. The molecule has 5 rings (SSSR count). The predicted octanol–water partition coefficient (Wildman–Crippen LogP) is 5.01. The van der Waals surface area contributed by atoms with Gasteiger partial charge in [-0.05, 0) is 31.2 Å². The number of aromatic nitrogens is 2. The molecule has 3 heterocycles. The molecule has 1 amide bonds. The van der Waals surface area contributed by atoms with Gasteiger partial charge in [0.2, 0.25) is 0 Å². The zero-order chi connectivity index (χ0) is 26.4. The Morgan fingerprint density at radius 3 is 2.76 bits per heavy atom. The Hall–Kier alpha value is -3.88. The number of ether oxygens (including phenoxy) is 2. The molecule has 34 heavy (non-hydrogen) atoms. The number of nitrogens with zero attached hydrogens (tertiary/aromatic N) is 1. The average Bonchev–Trinajstić information content (AvgIpc) is 3.28. The second-order valence-corrected chi connectivity index (χ2v) is 8.47. The maximum atomic E-state index is 13.6. The third-order valence-electron chi connectivity index (χ3n) is 5.62. The molecule has 1 aliphatic rings. The summed E-state index contributed by atoms with van der Waals surface area (Å²) in [4.78, 5) is 33.6. The van der Waals surface area contributed by atoms with Gasteiger partial charge in [0, 0.05) is 24.9 Å². The first-order valence-electron chi connectivity index (χ1n) is 11.8. The number of carbonyl (C=O) groups is 2. The number of pyridine rings is 1. The first-order chi connectivity index (χ1) is 17.5. The monoisotopic (exact) mass is 479 g/mol. The van der Waals surface area contributed by atoms with Gasteiger partial charge in [0.25, 0.3) is 5.91 Å². The number of nitrogens with one attached hydrogen (secondary N) is 3. The van der Waals surface area contributed by atoms with E-state index >= 15 is 0 Å². The molecule has 0 aliphatic carbocycles. The van der Waals surface area contributed by atoms with Crippen molar-refractivity contribution in [2.24, 2.45) is 0 Å². The standard InChI is InChI=1S/C25H21ClN4O4/c1-25(13-33-2)24(32)29-19-12-28-23-20(21(19)30-25)17(11-27-23)22(31)16-9-8-15(10-18(16)26)34-14-6-4-3-5-7-14/h3-12,30H,13H2,1-2H3,(H,27,28)(H,29,32)/i2D3. The highest BCUT2D eigenvalue weighted by molar-refractivity contribution is 6.36. The Bertz CT molecular complexity index is 1520. The summed E-state index contributed by atoms with van der Waals surface area (Å²) in [6.07, 6.45) is 2.96. The van der Waals surface area contributed by atoms with Crippen LogP contribution in [0.1, 0.15) is 27.0 Å². The number of para-hydroxylation sites is 1. The number of hydrogen-bond acceptors (Lipinski definition) is 6. The number of halogens is 1. The van der Waals surface area contributed by atoms with Crippen molar-refractivity contribution in [3.8, 4) is 11.5 Å². The lowest BCUT2D eigenvalue weighted by Crippen LogP contribution is -2.53. The Kier molecular flexibility index (Phi) is 4.62. The molecule has 1 aliphatic heterocycles. The second-order valence-electron chi connectivity index (χ2n) is 8.06. The summed E-state index contributed by atoms with van der Waals surface area (Å²) in [5.74, 6) is 0.230. The highest BCUT2D eigenvalue weighted by Crippen LogP contribution is 2.39. The number of fused-ring (bicyclic) bond motifs is 3. The van der Waals surface area contributed by atoms with E-state index in [-0.39, 0.29) is 21.9 Å². The van der Waals surface area contributed by atoms with E-state index < -0.39 is 25.1 Å². The molecule has 8 nitrogen and oxygen atoms in total. The molecule has 0 radical (unpaired) electrons. The third kappa shape index (κ3) is 3.76. The second kappa shape index (κ2) is 8.48. The van der Waals surface area contributed by atoms with Crippen LogP contribution in [0.25, 0.3) is 11.0 Å². The van der Waals surface area contributed by atoms with Crippen molar-refractivity contribution in [2.75, 3.05) is 24.3 Å². The van der Waals surface area contributed by atoms with Crippen LogP contribution in [-0.4, -0.2) is 40.8 Å². The van der Waals surface area contributed by atoms with Crippen molar-refractivity contribution in [3.05, 3.63) is 77.1 Å². The van der Waals surface area contributed by atoms with Crippen LogP contribution in [-0.2, 0) is 9.53 Å². The Balaban J connectivity index is 1.49. The molecule has 0 spiro atoms. The van der Waals surface area contributed by atoms with Gasteiger partial charge in [0.15, 0.2) is 5.78 Å². The van der Waals surface area contributed by atoms with Crippen molar-refractivity contribution >= 4 is 45.7 Å². The molecule has 0 fully saturated rings. The van der Waals surface area contributed by atoms with Crippen molar-refractivity contribution in [1.29, 1.82) is 0 Å². The van der Waals surface area contributed by atoms with E-state index in [0.717, 1.165) is 0 Å². The lowest BCUT2D eigenvalue weighted by atomic mass is 9.96. The highest BCUT2D eigenvalue weighted by Gasteiger charge is 2.39. The largest absolute Gasteiger partial charge is 0.457 e.